The van der Waals surface area contributed by atoms with E-state index >= 15 is 0 Å². The fourth-order valence-electron chi connectivity index (χ4n) is 5.67. The van der Waals surface area contributed by atoms with E-state index in [1.54, 1.807) is 36.0 Å². The minimum absolute atomic E-state index is 0.00512. The summed E-state index contributed by atoms with van der Waals surface area (Å²) in [4.78, 5) is 47.9. The van der Waals surface area contributed by atoms with Crippen molar-refractivity contribution >= 4 is 17.6 Å². The first-order chi connectivity index (χ1) is 17.6. The average Bonchev–Trinajstić information content (AvgIpc) is 3.13. The summed E-state index contributed by atoms with van der Waals surface area (Å²) in [6.45, 7) is 5.21. The number of rotatable bonds is 9. The molecular formula is C29H38N4O4. The van der Waals surface area contributed by atoms with Gasteiger partial charge < -0.3 is 20.3 Å². The molecule has 0 unspecified atom stereocenters. The number of amides is 2. The molecule has 3 atom stereocenters. The van der Waals surface area contributed by atoms with Gasteiger partial charge in [-0.1, -0.05) is 36.4 Å². The van der Waals surface area contributed by atoms with E-state index in [0.29, 0.717) is 26.2 Å². The minimum atomic E-state index is -1.05. The largest absolute Gasteiger partial charge is 0.376 e. The second-order valence-electron chi connectivity index (χ2n) is 11.1. The Balaban J connectivity index is 1.54. The van der Waals surface area contributed by atoms with E-state index in [9.17, 15) is 14.4 Å². The lowest BCUT2D eigenvalue weighted by atomic mass is 9.69. The predicted molar refractivity (Wildman–Crippen MR) is 140 cm³/mol. The van der Waals surface area contributed by atoms with Crippen LogP contribution in [0.3, 0.4) is 0 Å². The third-order valence-electron chi connectivity index (χ3n) is 7.74. The number of pyridine rings is 1. The highest BCUT2D eigenvalue weighted by molar-refractivity contribution is 5.92. The fourth-order valence-corrected chi connectivity index (χ4v) is 5.67. The Kier molecular flexibility index (Phi) is 8.09. The number of carbonyl (C=O) groups excluding carboxylic acids is 3. The van der Waals surface area contributed by atoms with Crippen LogP contribution in [0.15, 0.2) is 54.9 Å². The Bertz CT molecular complexity index is 1100. The van der Waals surface area contributed by atoms with Gasteiger partial charge in [-0.3, -0.25) is 19.4 Å². The number of piperidine rings is 1. The van der Waals surface area contributed by atoms with Crippen molar-refractivity contribution < 1.29 is 19.1 Å². The summed E-state index contributed by atoms with van der Waals surface area (Å²) >= 11 is 0. The van der Waals surface area contributed by atoms with Crippen LogP contribution < -0.4 is 5.73 Å². The summed E-state index contributed by atoms with van der Waals surface area (Å²) in [5, 5.41) is 0. The molecule has 1 aromatic carbocycles. The van der Waals surface area contributed by atoms with Crippen molar-refractivity contribution in [3.63, 3.8) is 0 Å². The predicted octanol–water partition coefficient (Wildman–Crippen LogP) is 2.78. The first kappa shape index (κ1) is 26.9. The minimum Gasteiger partial charge on any atom is -0.376 e. The van der Waals surface area contributed by atoms with Gasteiger partial charge in [0.15, 0.2) is 5.78 Å². The first-order valence-corrected chi connectivity index (χ1v) is 13.0. The van der Waals surface area contributed by atoms with Crippen LogP contribution in [-0.4, -0.2) is 71.2 Å². The number of ketones is 1. The van der Waals surface area contributed by atoms with Gasteiger partial charge in [-0.05, 0) is 43.9 Å². The lowest BCUT2D eigenvalue weighted by Crippen LogP contribution is -2.53. The third-order valence-corrected chi connectivity index (χ3v) is 7.74. The van der Waals surface area contributed by atoms with Crippen LogP contribution in [0.2, 0.25) is 0 Å². The molecule has 2 fully saturated rings. The molecule has 1 spiro atoms. The molecule has 37 heavy (non-hydrogen) atoms. The van der Waals surface area contributed by atoms with Crippen molar-refractivity contribution in [2.45, 2.75) is 51.2 Å². The van der Waals surface area contributed by atoms with E-state index in [4.69, 9.17) is 10.5 Å². The maximum Gasteiger partial charge on any atom is 0.231 e. The van der Waals surface area contributed by atoms with E-state index in [1.807, 2.05) is 37.4 Å². The molecule has 0 radical (unpaired) electrons. The molecule has 8 nitrogen and oxygen atoms in total. The van der Waals surface area contributed by atoms with E-state index in [-0.39, 0.29) is 36.5 Å². The number of aromatic nitrogens is 1. The molecule has 2 saturated heterocycles. The lowest BCUT2D eigenvalue weighted by molar-refractivity contribution is -0.148. The maximum atomic E-state index is 13.9. The summed E-state index contributed by atoms with van der Waals surface area (Å²) in [7, 11) is 1.84. The van der Waals surface area contributed by atoms with Gasteiger partial charge >= 0.3 is 0 Å². The van der Waals surface area contributed by atoms with Gasteiger partial charge in [0.1, 0.15) is 0 Å². The normalized spacial score (nSPS) is 22.9. The monoisotopic (exact) mass is 506 g/mol. The Hall–Kier alpha value is -3.10. The van der Waals surface area contributed by atoms with Gasteiger partial charge in [-0.15, -0.1) is 0 Å². The van der Waals surface area contributed by atoms with E-state index in [1.165, 1.54) is 0 Å². The molecule has 4 rings (SSSR count). The van der Waals surface area contributed by atoms with Crippen LogP contribution in [0.4, 0.5) is 0 Å². The first-order valence-electron chi connectivity index (χ1n) is 13.0. The Labute approximate surface area is 219 Å². The zero-order valence-electron chi connectivity index (χ0n) is 22.1. The number of likely N-dealkylation sites (N-methyl/N-ethyl adjacent to an activating group) is 1. The standard InChI is InChI=1S/C29H38N4O4/c1-28(2,30)25(34)15-23(19-37-18-21-9-7-13-31-16-21)26(35)33-14-8-12-29(20-33)24(17-32(3)27(29)36)22-10-5-4-6-11-22/h4-7,9-11,13,16,23-24H,8,12,14-15,17-20,30H2,1-3H3/t23-,24+,29+/m1/s1. The van der Waals surface area contributed by atoms with Gasteiger partial charge in [0, 0.05) is 51.4 Å². The topological polar surface area (TPSA) is 106 Å². The summed E-state index contributed by atoms with van der Waals surface area (Å²) in [6.07, 6.45) is 4.86. The smallest absolute Gasteiger partial charge is 0.231 e. The highest BCUT2D eigenvalue weighted by Crippen LogP contribution is 2.49. The summed E-state index contributed by atoms with van der Waals surface area (Å²) in [5.74, 6) is -0.931. The number of benzene rings is 1. The molecule has 2 amide bonds. The fraction of sp³-hybridized carbons (Fsp3) is 0.517. The molecule has 0 bridgehead atoms. The number of Topliss-reactive ketones (excluding diaryl/α,β-unsaturated/α-hetero) is 1. The second-order valence-corrected chi connectivity index (χ2v) is 11.1. The van der Waals surface area contributed by atoms with Gasteiger partial charge in [-0.25, -0.2) is 0 Å². The number of hydrogen-bond acceptors (Lipinski definition) is 6. The van der Waals surface area contributed by atoms with Crippen LogP contribution >= 0.6 is 0 Å². The maximum absolute atomic E-state index is 13.9. The van der Waals surface area contributed by atoms with E-state index in [2.05, 4.69) is 17.1 Å². The zero-order chi connectivity index (χ0) is 26.6. The van der Waals surface area contributed by atoms with Crippen molar-refractivity contribution in [3.05, 3.63) is 66.0 Å². The quantitative estimate of drug-likeness (QED) is 0.561. The van der Waals surface area contributed by atoms with Crippen molar-refractivity contribution in [1.29, 1.82) is 0 Å². The van der Waals surface area contributed by atoms with E-state index in [0.717, 1.165) is 24.0 Å². The highest BCUT2D eigenvalue weighted by Gasteiger charge is 2.55. The molecular weight excluding hydrogens is 468 g/mol. The Morgan fingerprint density at radius 2 is 1.97 bits per heavy atom. The van der Waals surface area contributed by atoms with Gasteiger partial charge in [0.2, 0.25) is 11.8 Å². The summed E-state index contributed by atoms with van der Waals surface area (Å²) < 4.78 is 5.90. The molecule has 3 heterocycles. The van der Waals surface area contributed by atoms with Crippen LogP contribution in [-0.2, 0) is 25.7 Å². The summed E-state index contributed by atoms with van der Waals surface area (Å²) in [6, 6.07) is 13.8. The van der Waals surface area contributed by atoms with Crippen LogP contribution in [0.5, 0.6) is 0 Å². The molecule has 0 saturated carbocycles. The van der Waals surface area contributed by atoms with Crippen molar-refractivity contribution in [1.82, 2.24) is 14.8 Å². The van der Waals surface area contributed by atoms with E-state index < -0.39 is 16.9 Å². The van der Waals surface area contributed by atoms with Crippen LogP contribution in [0.1, 0.15) is 50.2 Å². The van der Waals surface area contributed by atoms with Crippen LogP contribution in [0, 0.1) is 11.3 Å². The highest BCUT2D eigenvalue weighted by atomic mass is 16.5. The number of hydrogen-bond donors (Lipinski definition) is 1. The second kappa shape index (κ2) is 11.1. The lowest BCUT2D eigenvalue weighted by Gasteiger charge is -2.43. The van der Waals surface area contributed by atoms with Crippen molar-refractivity contribution in [2.24, 2.45) is 17.1 Å². The zero-order valence-corrected chi connectivity index (χ0v) is 22.1. The molecule has 0 aliphatic carbocycles. The molecule has 2 aromatic rings. The number of ether oxygens (including phenoxy) is 1. The number of carbonyl (C=O) groups is 3. The third kappa shape index (κ3) is 5.91. The number of nitrogens with zero attached hydrogens (tertiary/aromatic N) is 3. The van der Waals surface area contributed by atoms with Crippen molar-refractivity contribution in [2.75, 3.05) is 33.3 Å². The Morgan fingerprint density at radius 3 is 2.65 bits per heavy atom. The van der Waals surface area contributed by atoms with Gasteiger partial charge in [0.25, 0.3) is 0 Å². The molecule has 2 aliphatic rings. The number of nitrogens with two attached hydrogens (primary N) is 1. The molecule has 1 aromatic heterocycles. The number of likely N-dealkylation sites (tertiary alicyclic amines) is 2. The molecule has 8 heteroatoms. The van der Waals surface area contributed by atoms with Gasteiger partial charge in [-0.2, -0.15) is 0 Å². The SMILES string of the molecule is CN1C[C@@H](c2ccccc2)[C@@]2(CCCN(C(=O)[C@@H](COCc3cccnc3)CC(=O)C(C)(C)N)C2)C1=O. The van der Waals surface area contributed by atoms with Crippen molar-refractivity contribution in [3.8, 4) is 0 Å². The molecule has 2 N–H and O–H groups in total. The Morgan fingerprint density at radius 1 is 1.22 bits per heavy atom. The molecule has 198 valence electrons. The molecule has 2 aliphatic heterocycles. The van der Waals surface area contributed by atoms with Crippen LogP contribution in [0.25, 0.3) is 0 Å². The average molecular weight is 507 g/mol. The summed E-state index contributed by atoms with van der Waals surface area (Å²) in [5.41, 5.74) is 6.36. The van der Waals surface area contributed by atoms with Gasteiger partial charge in [0.05, 0.1) is 30.1 Å².